The highest BCUT2D eigenvalue weighted by Gasteiger charge is 2.19. The highest BCUT2D eigenvalue weighted by molar-refractivity contribution is 5.85. The molecule has 158 valence electrons. The third kappa shape index (κ3) is 5.87. The molecule has 0 aliphatic heterocycles. The van der Waals surface area contributed by atoms with E-state index < -0.39 is 0 Å². The average molecular weight is 422 g/mol. The van der Waals surface area contributed by atoms with E-state index in [4.69, 9.17) is 4.74 Å². The maximum absolute atomic E-state index is 6.10. The van der Waals surface area contributed by atoms with Crippen LogP contribution in [0, 0.1) is 5.92 Å². The average Bonchev–Trinajstić information content (AvgIpc) is 2.77. The summed E-state index contributed by atoms with van der Waals surface area (Å²) in [5, 5.41) is 0. The maximum Gasteiger partial charge on any atom is 0.120 e. The van der Waals surface area contributed by atoms with E-state index in [9.17, 15) is 0 Å². The predicted molar refractivity (Wildman–Crippen MR) is 129 cm³/mol. The summed E-state index contributed by atoms with van der Waals surface area (Å²) in [4.78, 5) is 2.29. The largest absolute Gasteiger partial charge is 0.489 e. The van der Waals surface area contributed by atoms with E-state index in [1.54, 1.807) is 0 Å². The second-order valence-corrected chi connectivity index (χ2v) is 8.48. The maximum atomic E-state index is 6.10. The van der Waals surface area contributed by atoms with Crippen molar-refractivity contribution >= 4 is 12.4 Å². The molecule has 1 aliphatic carbocycles. The Balaban J connectivity index is 0.00000256. The molecule has 0 heterocycles. The molecule has 1 atom stereocenters. The van der Waals surface area contributed by atoms with Crippen LogP contribution in [-0.2, 0) is 19.4 Å². The monoisotopic (exact) mass is 421 g/mol. The molecule has 30 heavy (non-hydrogen) atoms. The van der Waals surface area contributed by atoms with Crippen LogP contribution in [0.25, 0.3) is 11.1 Å². The van der Waals surface area contributed by atoms with E-state index in [2.05, 4.69) is 85.7 Å². The Kier molecular flexibility index (Phi) is 7.95. The van der Waals surface area contributed by atoms with Gasteiger partial charge in [0.15, 0.2) is 0 Å². The highest BCUT2D eigenvalue weighted by atomic mass is 35.5. The molecule has 4 rings (SSSR count). The van der Waals surface area contributed by atoms with Crippen LogP contribution in [-0.4, -0.2) is 25.5 Å². The van der Waals surface area contributed by atoms with Crippen LogP contribution in [0.5, 0.6) is 5.75 Å². The van der Waals surface area contributed by atoms with E-state index in [1.165, 1.54) is 60.0 Å². The topological polar surface area (TPSA) is 12.5 Å². The molecule has 0 unspecified atom stereocenters. The summed E-state index contributed by atoms with van der Waals surface area (Å²) >= 11 is 0. The number of ether oxygens (including phenoxy) is 1. The molecule has 1 aliphatic rings. The van der Waals surface area contributed by atoms with Gasteiger partial charge in [0.1, 0.15) is 12.4 Å². The number of hydrogen-bond donors (Lipinski definition) is 0. The summed E-state index contributed by atoms with van der Waals surface area (Å²) in [6.07, 6.45) is 4.98. The summed E-state index contributed by atoms with van der Waals surface area (Å²) in [5.74, 6) is 1.81. The first-order valence-corrected chi connectivity index (χ1v) is 10.7. The van der Waals surface area contributed by atoms with Gasteiger partial charge in [0.05, 0.1) is 0 Å². The van der Waals surface area contributed by atoms with E-state index in [0.717, 1.165) is 11.7 Å². The van der Waals surface area contributed by atoms with Crippen LogP contribution < -0.4 is 4.74 Å². The lowest BCUT2D eigenvalue weighted by Crippen LogP contribution is -2.21. The molecule has 3 aromatic rings. The highest BCUT2D eigenvalue weighted by Crippen LogP contribution is 2.30. The molecular weight excluding hydrogens is 390 g/mol. The van der Waals surface area contributed by atoms with Gasteiger partial charge in [0.2, 0.25) is 0 Å². The second-order valence-electron chi connectivity index (χ2n) is 8.48. The Morgan fingerprint density at radius 1 is 0.867 bits per heavy atom. The van der Waals surface area contributed by atoms with Crippen LogP contribution in [0.1, 0.15) is 29.5 Å². The van der Waals surface area contributed by atoms with Crippen molar-refractivity contribution in [2.45, 2.75) is 32.3 Å². The van der Waals surface area contributed by atoms with Crippen molar-refractivity contribution < 1.29 is 4.74 Å². The lowest BCUT2D eigenvalue weighted by molar-refractivity contribution is 0.304. The fourth-order valence-corrected chi connectivity index (χ4v) is 4.17. The molecule has 3 aromatic carbocycles. The Bertz CT molecular complexity index is 921. The van der Waals surface area contributed by atoms with Gasteiger partial charge in [-0.25, -0.2) is 0 Å². The van der Waals surface area contributed by atoms with Gasteiger partial charge < -0.3 is 9.64 Å². The fraction of sp³-hybridized carbons (Fsp3) is 0.333. The molecule has 0 bridgehead atoms. The summed E-state index contributed by atoms with van der Waals surface area (Å²) in [7, 11) is 4.32. The Labute approximate surface area is 187 Å². The predicted octanol–water partition coefficient (Wildman–Crippen LogP) is 6.41. The number of aryl methyl sites for hydroxylation is 1. The van der Waals surface area contributed by atoms with E-state index in [1.807, 2.05) is 6.07 Å². The molecule has 0 fully saturated rings. The molecule has 0 amide bonds. The lowest BCUT2D eigenvalue weighted by Gasteiger charge is -2.26. The van der Waals surface area contributed by atoms with E-state index in [0.29, 0.717) is 6.61 Å². The number of hydrogen-bond acceptors (Lipinski definition) is 2. The zero-order valence-corrected chi connectivity index (χ0v) is 18.8. The molecule has 3 heteroatoms. The van der Waals surface area contributed by atoms with Crippen molar-refractivity contribution in [2.24, 2.45) is 5.92 Å². The van der Waals surface area contributed by atoms with Crippen molar-refractivity contribution in [3.05, 3.63) is 89.5 Å². The third-order valence-electron chi connectivity index (χ3n) is 5.96. The smallest absolute Gasteiger partial charge is 0.120 e. The molecule has 0 saturated carbocycles. The van der Waals surface area contributed by atoms with Gasteiger partial charge >= 0.3 is 0 Å². The standard InChI is InChI=1S/C27H31NO.ClH/c1-28(2)17-16-21-8-13-26-19-27(15-14-25(26)18-21)29-20-22-9-11-24(12-10-22)23-6-4-3-5-7-23;/h3-7,9-12,14-15,19,21H,8,13,16-18,20H2,1-2H3;1H/t21-;/m0./s1. The first kappa shape index (κ1) is 22.4. The second kappa shape index (κ2) is 10.7. The summed E-state index contributed by atoms with van der Waals surface area (Å²) in [5.41, 5.74) is 6.68. The summed E-state index contributed by atoms with van der Waals surface area (Å²) < 4.78 is 6.10. The number of benzene rings is 3. The molecule has 0 spiro atoms. The van der Waals surface area contributed by atoms with Crippen molar-refractivity contribution in [1.82, 2.24) is 4.90 Å². The van der Waals surface area contributed by atoms with Gasteiger partial charge in [0, 0.05) is 0 Å². The first-order chi connectivity index (χ1) is 14.2. The van der Waals surface area contributed by atoms with Gasteiger partial charge in [-0.3, -0.25) is 0 Å². The molecule has 0 radical (unpaired) electrons. The molecule has 2 nitrogen and oxygen atoms in total. The Morgan fingerprint density at radius 2 is 1.60 bits per heavy atom. The number of nitrogens with zero attached hydrogens (tertiary/aromatic N) is 1. The van der Waals surface area contributed by atoms with E-state index >= 15 is 0 Å². The van der Waals surface area contributed by atoms with Gasteiger partial charge in [-0.05, 0) is 92.2 Å². The number of halogens is 1. The van der Waals surface area contributed by atoms with Gasteiger partial charge in [-0.15, -0.1) is 12.4 Å². The lowest BCUT2D eigenvalue weighted by atomic mass is 9.82. The summed E-state index contributed by atoms with van der Waals surface area (Å²) in [6.45, 7) is 1.80. The van der Waals surface area contributed by atoms with Crippen molar-refractivity contribution in [3.8, 4) is 16.9 Å². The third-order valence-corrected chi connectivity index (χ3v) is 5.96. The molecule has 0 N–H and O–H groups in total. The van der Waals surface area contributed by atoms with Crippen LogP contribution >= 0.6 is 12.4 Å². The molecule has 0 saturated heterocycles. The van der Waals surface area contributed by atoms with Gasteiger partial charge in [-0.2, -0.15) is 0 Å². The SMILES string of the molecule is CN(C)CC[C@@H]1CCc2cc(OCc3ccc(-c4ccccc4)cc3)ccc2C1.Cl. The van der Waals surface area contributed by atoms with E-state index in [-0.39, 0.29) is 12.4 Å². The van der Waals surface area contributed by atoms with Crippen LogP contribution in [0.2, 0.25) is 0 Å². The van der Waals surface area contributed by atoms with Crippen LogP contribution in [0.3, 0.4) is 0 Å². The van der Waals surface area contributed by atoms with Crippen LogP contribution in [0.4, 0.5) is 0 Å². The Hall–Kier alpha value is -2.29. The quantitative estimate of drug-likeness (QED) is 0.437. The number of rotatable bonds is 7. The van der Waals surface area contributed by atoms with Gasteiger partial charge in [0.25, 0.3) is 0 Å². The van der Waals surface area contributed by atoms with Crippen molar-refractivity contribution in [1.29, 1.82) is 0 Å². The minimum atomic E-state index is 0. The normalized spacial score (nSPS) is 15.4. The molecular formula is C27H32ClNO. The molecule has 0 aromatic heterocycles. The van der Waals surface area contributed by atoms with Gasteiger partial charge in [-0.1, -0.05) is 60.7 Å². The van der Waals surface area contributed by atoms with Crippen LogP contribution in [0.15, 0.2) is 72.8 Å². The first-order valence-electron chi connectivity index (χ1n) is 10.7. The summed E-state index contributed by atoms with van der Waals surface area (Å²) in [6, 6.07) is 25.9. The van der Waals surface area contributed by atoms with Crippen molar-refractivity contribution in [3.63, 3.8) is 0 Å². The Morgan fingerprint density at radius 3 is 2.33 bits per heavy atom. The minimum Gasteiger partial charge on any atom is -0.489 e. The number of fused-ring (bicyclic) bond motifs is 1. The zero-order chi connectivity index (χ0) is 20.1. The minimum absolute atomic E-state index is 0. The fourth-order valence-electron chi connectivity index (χ4n) is 4.17. The van der Waals surface area contributed by atoms with Crippen molar-refractivity contribution in [2.75, 3.05) is 20.6 Å². The zero-order valence-electron chi connectivity index (χ0n) is 18.0.